The number of carbonyl (C=O) groups is 1. The summed E-state index contributed by atoms with van der Waals surface area (Å²) in [6.07, 6.45) is 1.87. The van der Waals surface area contributed by atoms with Crippen LogP contribution in [0.25, 0.3) is 11.0 Å². The molecular formula is C20H23N3O4. The number of amides is 1. The van der Waals surface area contributed by atoms with Gasteiger partial charge in [-0.05, 0) is 32.9 Å². The SMILES string of the molecule is Cc1nn(C)cc1CN(C)C(=O)c1cc(=O)oc2cc(OC(C)C)ccc12. The number of aromatic nitrogens is 2. The third-order valence-electron chi connectivity index (χ3n) is 4.19. The van der Waals surface area contributed by atoms with Gasteiger partial charge in [0, 0.05) is 49.9 Å². The Morgan fingerprint density at radius 3 is 2.70 bits per heavy atom. The van der Waals surface area contributed by atoms with Crippen molar-refractivity contribution in [1.82, 2.24) is 14.7 Å². The van der Waals surface area contributed by atoms with Crippen LogP contribution in [-0.4, -0.2) is 33.7 Å². The van der Waals surface area contributed by atoms with E-state index in [0.29, 0.717) is 28.8 Å². The summed E-state index contributed by atoms with van der Waals surface area (Å²) < 4.78 is 12.6. The Hall–Kier alpha value is -3.09. The second-order valence-corrected chi connectivity index (χ2v) is 6.88. The minimum atomic E-state index is -0.571. The number of hydrogen-bond acceptors (Lipinski definition) is 5. The van der Waals surface area contributed by atoms with Crippen LogP contribution in [0, 0.1) is 6.92 Å². The third kappa shape index (κ3) is 4.02. The van der Waals surface area contributed by atoms with Gasteiger partial charge in [-0.2, -0.15) is 5.10 Å². The van der Waals surface area contributed by atoms with Crippen molar-refractivity contribution in [2.24, 2.45) is 7.05 Å². The van der Waals surface area contributed by atoms with E-state index in [0.717, 1.165) is 11.3 Å². The van der Waals surface area contributed by atoms with Gasteiger partial charge in [-0.15, -0.1) is 0 Å². The molecule has 3 aromatic rings. The normalized spacial score (nSPS) is 11.2. The van der Waals surface area contributed by atoms with Crippen molar-refractivity contribution in [2.75, 3.05) is 7.05 Å². The molecule has 0 fully saturated rings. The summed E-state index contributed by atoms with van der Waals surface area (Å²) in [5, 5.41) is 4.87. The maximum atomic E-state index is 13.0. The monoisotopic (exact) mass is 369 g/mol. The standard InChI is InChI=1S/C20H23N3O4/c1-12(2)26-15-6-7-16-17(9-19(24)27-18(16)8-15)20(25)22(4)10-14-11-23(5)21-13(14)3/h6-9,11-12H,10H2,1-5H3. The molecule has 0 bridgehead atoms. The lowest BCUT2D eigenvalue weighted by molar-refractivity contribution is 0.0786. The molecule has 0 aliphatic rings. The summed E-state index contributed by atoms with van der Waals surface area (Å²) in [6, 6.07) is 6.38. The molecule has 7 heteroatoms. The number of hydrogen-bond donors (Lipinski definition) is 0. The van der Waals surface area contributed by atoms with Crippen molar-refractivity contribution in [2.45, 2.75) is 33.4 Å². The lowest BCUT2D eigenvalue weighted by Gasteiger charge is -2.18. The first-order valence-corrected chi connectivity index (χ1v) is 8.73. The first kappa shape index (κ1) is 18.7. The molecule has 0 unspecified atom stereocenters. The van der Waals surface area contributed by atoms with Crippen LogP contribution in [0.5, 0.6) is 5.75 Å². The third-order valence-corrected chi connectivity index (χ3v) is 4.19. The number of carbonyl (C=O) groups excluding carboxylic acids is 1. The van der Waals surface area contributed by atoms with E-state index in [4.69, 9.17) is 9.15 Å². The van der Waals surface area contributed by atoms with Gasteiger partial charge in [0.1, 0.15) is 11.3 Å². The Morgan fingerprint density at radius 2 is 2.07 bits per heavy atom. The van der Waals surface area contributed by atoms with Crippen LogP contribution in [-0.2, 0) is 13.6 Å². The number of fused-ring (bicyclic) bond motifs is 1. The first-order chi connectivity index (χ1) is 12.7. The van der Waals surface area contributed by atoms with E-state index >= 15 is 0 Å². The first-order valence-electron chi connectivity index (χ1n) is 8.73. The zero-order valence-corrected chi connectivity index (χ0v) is 16.1. The van der Waals surface area contributed by atoms with E-state index in [9.17, 15) is 9.59 Å². The largest absolute Gasteiger partial charge is 0.491 e. The van der Waals surface area contributed by atoms with Gasteiger partial charge in [0.2, 0.25) is 0 Å². The molecular weight excluding hydrogens is 346 g/mol. The van der Waals surface area contributed by atoms with E-state index in [1.54, 1.807) is 34.8 Å². The zero-order chi connectivity index (χ0) is 19.7. The Morgan fingerprint density at radius 1 is 1.33 bits per heavy atom. The second-order valence-electron chi connectivity index (χ2n) is 6.88. The summed E-state index contributed by atoms with van der Waals surface area (Å²) in [7, 11) is 3.54. The van der Waals surface area contributed by atoms with Crippen LogP contribution >= 0.6 is 0 Å². The van der Waals surface area contributed by atoms with E-state index < -0.39 is 5.63 Å². The van der Waals surface area contributed by atoms with Gasteiger partial charge in [-0.3, -0.25) is 9.48 Å². The summed E-state index contributed by atoms with van der Waals surface area (Å²) in [5.74, 6) is 0.332. The summed E-state index contributed by atoms with van der Waals surface area (Å²) >= 11 is 0. The molecule has 2 heterocycles. The highest BCUT2D eigenvalue weighted by atomic mass is 16.5. The molecule has 1 aromatic carbocycles. The number of ether oxygens (including phenoxy) is 1. The molecule has 7 nitrogen and oxygen atoms in total. The van der Waals surface area contributed by atoms with Gasteiger partial charge >= 0.3 is 5.63 Å². The Bertz CT molecular complexity index is 1050. The highest BCUT2D eigenvalue weighted by molar-refractivity contribution is 6.05. The summed E-state index contributed by atoms with van der Waals surface area (Å²) in [6.45, 7) is 6.12. The van der Waals surface area contributed by atoms with Gasteiger partial charge in [0.15, 0.2) is 0 Å². The highest BCUT2D eigenvalue weighted by Crippen LogP contribution is 2.24. The summed E-state index contributed by atoms with van der Waals surface area (Å²) in [4.78, 5) is 26.5. The fourth-order valence-electron chi connectivity index (χ4n) is 3.00. The van der Waals surface area contributed by atoms with Crippen molar-refractivity contribution in [3.8, 4) is 5.75 Å². The maximum absolute atomic E-state index is 13.0. The molecule has 0 radical (unpaired) electrons. The van der Waals surface area contributed by atoms with Crippen molar-refractivity contribution in [3.63, 3.8) is 0 Å². The van der Waals surface area contributed by atoms with Crippen LogP contribution in [0.2, 0.25) is 0 Å². The lowest BCUT2D eigenvalue weighted by atomic mass is 10.1. The highest BCUT2D eigenvalue weighted by Gasteiger charge is 2.19. The molecule has 3 rings (SSSR count). The molecule has 0 saturated carbocycles. The Labute approximate surface area is 157 Å². The molecule has 0 spiro atoms. The lowest BCUT2D eigenvalue weighted by Crippen LogP contribution is -2.27. The fourth-order valence-corrected chi connectivity index (χ4v) is 3.00. The van der Waals surface area contributed by atoms with E-state index in [1.807, 2.05) is 34.0 Å². The smallest absolute Gasteiger partial charge is 0.337 e. The minimum absolute atomic E-state index is 0.00663. The Kier molecular flexibility index (Phi) is 5.03. The second kappa shape index (κ2) is 7.26. The van der Waals surface area contributed by atoms with Crippen molar-refractivity contribution in [3.05, 3.63) is 57.7 Å². The zero-order valence-electron chi connectivity index (χ0n) is 16.1. The predicted octanol–water partition coefficient (Wildman–Crippen LogP) is 2.89. The molecule has 1 amide bonds. The summed E-state index contributed by atoms with van der Waals surface area (Å²) in [5.41, 5.74) is 1.88. The molecule has 0 aliphatic heterocycles. The molecule has 27 heavy (non-hydrogen) atoms. The van der Waals surface area contributed by atoms with Gasteiger partial charge in [-0.1, -0.05) is 0 Å². The van der Waals surface area contributed by atoms with E-state index in [1.165, 1.54) is 6.07 Å². The van der Waals surface area contributed by atoms with Crippen molar-refractivity contribution < 1.29 is 13.9 Å². The predicted molar refractivity (Wildman–Crippen MR) is 102 cm³/mol. The number of benzene rings is 1. The molecule has 0 atom stereocenters. The van der Waals surface area contributed by atoms with Gasteiger partial charge in [-0.25, -0.2) is 4.79 Å². The average molecular weight is 369 g/mol. The number of rotatable bonds is 5. The van der Waals surface area contributed by atoms with Gasteiger partial charge in [0.05, 0.1) is 17.4 Å². The van der Waals surface area contributed by atoms with Crippen LogP contribution in [0.4, 0.5) is 0 Å². The molecule has 0 N–H and O–H groups in total. The van der Waals surface area contributed by atoms with Crippen molar-refractivity contribution >= 4 is 16.9 Å². The van der Waals surface area contributed by atoms with Crippen LogP contribution < -0.4 is 10.4 Å². The molecule has 2 aromatic heterocycles. The van der Waals surface area contributed by atoms with Crippen LogP contribution in [0.15, 0.2) is 39.7 Å². The molecule has 0 aliphatic carbocycles. The van der Waals surface area contributed by atoms with Crippen molar-refractivity contribution in [1.29, 1.82) is 0 Å². The average Bonchev–Trinajstić information content (AvgIpc) is 2.89. The quantitative estimate of drug-likeness (QED) is 0.646. The van der Waals surface area contributed by atoms with Crippen LogP contribution in [0.1, 0.15) is 35.5 Å². The van der Waals surface area contributed by atoms with E-state index in [-0.39, 0.29) is 12.0 Å². The van der Waals surface area contributed by atoms with Gasteiger partial charge < -0.3 is 14.1 Å². The van der Waals surface area contributed by atoms with Gasteiger partial charge in [0.25, 0.3) is 5.91 Å². The maximum Gasteiger partial charge on any atom is 0.337 e. The number of aryl methyl sites for hydroxylation is 2. The molecule has 142 valence electrons. The topological polar surface area (TPSA) is 77.6 Å². The van der Waals surface area contributed by atoms with E-state index in [2.05, 4.69) is 5.10 Å². The fraction of sp³-hybridized carbons (Fsp3) is 0.350. The Balaban J connectivity index is 1.95. The number of nitrogens with zero attached hydrogens (tertiary/aromatic N) is 3. The van der Waals surface area contributed by atoms with Crippen LogP contribution in [0.3, 0.4) is 0 Å². The molecule has 0 saturated heterocycles. The minimum Gasteiger partial charge on any atom is -0.491 e.